The Balaban J connectivity index is 1.41. The van der Waals surface area contributed by atoms with E-state index in [0.717, 1.165) is 12.1 Å². The molecule has 0 saturated carbocycles. The molecular weight excluding hydrogens is 314 g/mol. The van der Waals surface area contributed by atoms with Crippen molar-refractivity contribution < 1.29 is 9.59 Å². The summed E-state index contributed by atoms with van der Waals surface area (Å²) in [4.78, 5) is 25.4. The first-order chi connectivity index (χ1) is 12.1. The summed E-state index contributed by atoms with van der Waals surface area (Å²) in [5.41, 5.74) is 5.89. The molecule has 1 atom stereocenters. The van der Waals surface area contributed by atoms with E-state index in [9.17, 15) is 9.59 Å². The summed E-state index contributed by atoms with van der Waals surface area (Å²) in [5, 5.41) is 5.88. The number of rotatable bonds is 2. The minimum Gasteiger partial charge on any atom is -0.344 e. The van der Waals surface area contributed by atoms with Gasteiger partial charge in [0.15, 0.2) is 0 Å². The zero-order valence-corrected chi connectivity index (χ0v) is 14.2. The van der Waals surface area contributed by atoms with Gasteiger partial charge in [0.2, 0.25) is 5.91 Å². The van der Waals surface area contributed by atoms with E-state index in [1.165, 1.54) is 22.3 Å². The number of likely N-dealkylation sites (tertiary alicyclic amines) is 1. The topological polar surface area (TPSA) is 61.4 Å². The SMILES string of the molecule is CN1CC(NC(=O)Nc2ccc3c(c2)Cc2ccccc2-3)CCC1=O. The number of nitrogens with one attached hydrogen (secondary N) is 2. The van der Waals surface area contributed by atoms with E-state index in [1.54, 1.807) is 11.9 Å². The fraction of sp³-hybridized carbons (Fsp3) is 0.300. The van der Waals surface area contributed by atoms with E-state index < -0.39 is 0 Å². The smallest absolute Gasteiger partial charge is 0.319 e. The van der Waals surface area contributed by atoms with Gasteiger partial charge >= 0.3 is 6.03 Å². The molecule has 4 rings (SSSR count). The van der Waals surface area contributed by atoms with Crippen molar-refractivity contribution in [2.45, 2.75) is 25.3 Å². The lowest BCUT2D eigenvalue weighted by Gasteiger charge is -2.30. The first kappa shape index (κ1) is 15.7. The largest absolute Gasteiger partial charge is 0.344 e. The maximum atomic E-state index is 12.3. The molecule has 1 unspecified atom stereocenters. The van der Waals surface area contributed by atoms with Crippen LogP contribution in [0.1, 0.15) is 24.0 Å². The molecule has 1 heterocycles. The highest BCUT2D eigenvalue weighted by molar-refractivity contribution is 5.91. The highest BCUT2D eigenvalue weighted by Gasteiger charge is 2.24. The molecule has 1 saturated heterocycles. The van der Waals surface area contributed by atoms with E-state index in [1.807, 2.05) is 12.1 Å². The Morgan fingerprint density at radius 3 is 2.76 bits per heavy atom. The van der Waals surface area contributed by atoms with Crippen LogP contribution in [0.5, 0.6) is 0 Å². The van der Waals surface area contributed by atoms with Crippen LogP contribution in [0, 0.1) is 0 Å². The van der Waals surface area contributed by atoms with Crippen LogP contribution < -0.4 is 10.6 Å². The number of amides is 3. The van der Waals surface area contributed by atoms with Crippen LogP contribution >= 0.6 is 0 Å². The molecule has 25 heavy (non-hydrogen) atoms. The number of nitrogens with zero attached hydrogens (tertiary/aromatic N) is 1. The molecule has 1 aliphatic heterocycles. The predicted octanol–water partition coefficient (Wildman–Crippen LogP) is 3.00. The van der Waals surface area contributed by atoms with Gasteiger partial charge in [0.05, 0.1) is 0 Å². The highest BCUT2D eigenvalue weighted by Crippen LogP contribution is 2.37. The van der Waals surface area contributed by atoms with Crippen molar-refractivity contribution in [2.24, 2.45) is 0 Å². The first-order valence-electron chi connectivity index (χ1n) is 8.63. The molecule has 0 spiro atoms. The molecule has 3 amide bonds. The summed E-state index contributed by atoms with van der Waals surface area (Å²) in [6.45, 7) is 0.561. The van der Waals surface area contributed by atoms with E-state index in [2.05, 4.69) is 41.0 Å². The summed E-state index contributed by atoms with van der Waals surface area (Å²) in [6.07, 6.45) is 2.08. The van der Waals surface area contributed by atoms with Crippen molar-refractivity contribution in [3.63, 3.8) is 0 Å². The summed E-state index contributed by atoms with van der Waals surface area (Å²) in [5.74, 6) is 0.136. The van der Waals surface area contributed by atoms with Gasteiger partial charge in [-0.05, 0) is 47.2 Å². The number of carbonyl (C=O) groups excluding carboxylic acids is 2. The van der Waals surface area contributed by atoms with E-state index in [0.29, 0.717) is 19.4 Å². The number of carbonyl (C=O) groups is 2. The average molecular weight is 335 g/mol. The molecule has 0 bridgehead atoms. The number of urea groups is 1. The maximum Gasteiger partial charge on any atom is 0.319 e. The third-order valence-electron chi connectivity index (χ3n) is 5.01. The third-order valence-corrected chi connectivity index (χ3v) is 5.01. The number of hydrogen-bond acceptors (Lipinski definition) is 2. The van der Waals surface area contributed by atoms with Gasteiger partial charge < -0.3 is 15.5 Å². The van der Waals surface area contributed by atoms with Crippen LogP contribution in [0.15, 0.2) is 42.5 Å². The normalized spacial score (nSPS) is 18.5. The summed E-state index contributed by atoms with van der Waals surface area (Å²) < 4.78 is 0. The Labute approximate surface area is 147 Å². The van der Waals surface area contributed by atoms with Gasteiger partial charge in [-0.3, -0.25) is 4.79 Å². The maximum absolute atomic E-state index is 12.3. The van der Waals surface area contributed by atoms with Gasteiger partial charge in [0, 0.05) is 31.7 Å². The lowest BCUT2D eigenvalue weighted by Crippen LogP contribution is -2.49. The molecule has 1 aliphatic carbocycles. The molecule has 1 fully saturated rings. The standard InChI is InChI=1S/C20H21N3O2/c1-23-12-16(7-9-19(23)24)22-20(25)21-15-6-8-18-14(11-15)10-13-4-2-3-5-17(13)18/h2-6,8,11,16H,7,9-10,12H2,1H3,(H2,21,22,25). The number of piperidine rings is 1. The Hall–Kier alpha value is -2.82. The van der Waals surface area contributed by atoms with Crippen molar-refractivity contribution in [1.82, 2.24) is 10.2 Å². The van der Waals surface area contributed by atoms with Gasteiger partial charge in [-0.1, -0.05) is 30.3 Å². The quantitative estimate of drug-likeness (QED) is 0.756. The molecular formula is C20H21N3O2. The van der Waals surface area contributed by atoms with E-state index in [-0.39, 0.29) is 18.0 Å². The molecule has 2 N–H and O–H groups in total. The molecule has 128 valence electrons. The zero-order chi connectivity index (χ0) is 17.4. The fourth-order valence-electron chi connectivity index (χ4n) is 3.71. The third kappa shape index (κ3) is 3.09. The molecule has 0 aromatic heterocycles. The molecule has 5 heteroatoms. The van der Waals surface area contributed by atoms with Crippen molar-refractivity contribution in [1.29, 1.82) is 0 Å². The molecule has 5 nitrogen and oxygen atoms in total. The Kier molecular flexibility index (Phi) is 3.92. The lowest BCUT2D eigenvalue weighted by molar-refractivity contribution is -0.132. The highest BCUT2D eigenvalue weighted by atomic mass is 16.2. The Morgan fingerprint density at radius 2 is 1.92 bits per heavy atom. The van der Waals surface area contributed by atoms with Crippen molar-refractivity contribution in [3.05, 3.63) is 53.6 Å². The second kappa shape index (κ2) is 6.24. The van der Waals surface area contributed by atoms with Gasteiger partial charge in [0.25, 0.3) is 0 Å². The van der Waals surface area contributed by atoms with Gasteiger partial charge in [-0.15, -0.1) is 0 Å². The zero-order valence-electron chi connectivity index (χ0n) is 14.2. The molecule has 2 aliphatic rings. The van der Waals surface area contributed by atoms with Crippen LogP contribution in [0.3, 0.4) is 0 Å². The van der Waals surface area contributed by atoms with Crippen molar-refractivity contribution in [2.75, 3.05) is 18.9 Å². The average Bonchev–Trinajstić information content (AvgIpc) is 2.96. The Bertz CT molecular complexity index is 847. The van der Waals surface area contributed by atoms with Crippen LogP contribution in [0.4, 0.5) is 10.5 Å². The summed E-state index contributed by atoms with van der Waals surface area (Å²) in [6, 6.07) is 14.2. The number of benzene rings is 2. The first-order valence-corrected chi connectivity index (χ1v) is 8.63. The summed E-state index contributed by atoms with van der Waals surface area (Å²) in [7, 11) is 1.77. The number of hydrogen-bond donors (Lipinski definition) is 2. The second-order valence-corrected chi connectivity index (χ2v) is 6.81. The predicted molar refractivity (Wildman–Crippen MR) is 97.5 cm³/mol. The van der Waals surface area contributed by atoms with Gasteiger partial charge in [0.1, 0.15) is 0 Å². The van der Waals surface area contributed by atoms with Crippen molar-refractivity contribution >= 4 is 17.6 Å². The van der Waals surface area contributed by atoms with E-state index >= 15 is 0 Å². The van der Waals surface area contributed by atoms with E-state index in [4.69, 9.17) is 0 Å². The van der Waals surface area contributed by atoms with Crippen LogP contribution in [-0.2, 0) is 11.2 Å². The van der Waals surface area contributed by atoms with Gasteiger partial charge in [-0.2, -0.15) is 0 Å². The second-order valence-electron chi connectivity index (χ2n) is 6.81. The van der Waals surface area contributed by atoms with Crippen LogP contribution in [-0.4, -0.2) is 36.5 Å². The molecule has 0 radical (unpaired) electrons. The number of likely N-dealkylation sites (N-methyl/N-ethyl adjacent to an activating group) is 1. The van der Waals surface area contributed by atoms with Gasteiger partial charge in [-0.25, -0.2) is 4.79 Å². The summed E-state index contributed by atoms with van der Waals surface area (Å²) >= 11 is 0. The van der Waals surface area contributed by atoms with Crippen molar-refractivity contribution in [3.8, 4) is 11.1 Å². The lowest BCUT2D eigenvalue weighted by atomic mass is 10.1. The minimum absolute atomic E-state index is 0.00128. The number of fused-ring (bicyclic) bond motifs is 3. The monoisotopic (exact) mass is 335 g/mol. The Morgan fingerprint density at radius 1 is 1.12 bits per heavy atom. The fourth-order valence-corrected chi connectivity index (χ4v) is 3.71. The molecule has 2 aromatic rings. The minimum atomic E-state index is -0.219. The molecule has 2 aromatic carbocycles. The number of anilines is 1. The van der Waals surface area contributed by atoms with Crippen LogP contribution in [0.25, 0.3) is 11.1 Å². The van der Waals surface area contributed by atoms with Crippen LogP contribution in [0.2, 0.25) is 0 Å².